The number of thiophene rings is 1. The molecule has 0 radical (unpaired) electrons. The minimum absolute atomic E-state index is 0.0766. The summed E-state index contributed by atoms with van der Waals surface area (Å²) in [6.45, 7) is 7.06. The molecular formula is C18H22N2OS. The molecule has 0 aliphatic carbocycles. The fraction of sp³-hybridized carbons (Fsp3) is 0.389. The summed E-state index contributed by atoms with van der Waals surface area (Å²) < 4.78 is 0. The average molecular weight is 314 g/mol. The van der Waals surface area contributed by atoms with Gasteiger partial charge < -0.3 is 5.32 Å². The van der Waals surface area contributed by atoms with Crippen LogP contribution < -0.4 is 5.32 Å². The highest BCUT2D eigenvalue weighted by molar-refractivity contribution is 7.14. The van der Waals surface area contributed by atoms with Crippen LogP contribution in [0.5, 0.6) is 0 Å². The fourth-order valence-corrected chi connectivity index (χ4v) is 3.81. The molecule has 4 heteroatoms. The van der Waals surface area contributed by atoms with Crippen LogP contribution in [0, 0.1) is 13.8 Å². The molecule has 1 aliphatic heterocycles. The van der Waals surface area contributed by atoms with Crippen molar-refractivity contribution in [2.24, 2.45) is 0 Å². The summed E-state index contributed by atoms with van der Waals surface area (Å²) in [6, 6.07) is 12.8. The highest BCUT2D eigenvalue weighted by atomic mass is 32.1. The molecule has 22 heavy (non-hydrogen) atoms. The van der Waals surface area contributed by atoms with Gasteiger partial charge in [-0.15, -0.1) is 11.3 Å². The standard InChI is InChI=1S/C18H22N2OS/c1-13-10-17(22-14(13)2)18(21)19-16-8-9-20(12-16)11-15-6-4-3-5-7-15/h3-7,10,16H,8-9,11-12H2,1-2H3,(H,19,21). The van der Waals surface area contributed by atoms with Gasteiger partial charge in [0.05, 0.1) is 4.88 Å². The lowest BCUT2D eigenvalue weighted by atomic mass is 10.2. The van der Waals surface area contributed by atoms with Gasteiger partial charge in [0, 0.05) is 30.6 Å². The second-order valence-corrected chi connectivity index (χ2v) is 7.29. The normalized spacial score (nSPS) is 18.5. The van der Waals surface area contributed by atoms with Crippen molar-refractivity contribution in [3.8, 4) is 0 Å². The minimum atomic E-state index is 0.0766. The first-order valence-corrected chi connectivity index (χ1v) is 8.57. The van der Waals surface area contributed by atoms with Gasteiger partial charge in [-0.3, -0.25) is 9.69 Å². The Kier molecular flexibility index (Phi) is 4.60. The lowest BCUT2D eigenvalue weighted by molar-refractivity contribution is 0.0941. The molecule has 1 fully saturated rings. The van der Waals surface area contributed by atoms with Crippen LogP contribution in [0.1, 0.15) is 32.1 Å². The Morgan fingerprint density at radius 1 is 1.32 bits per heavy atom. The SMILES string of the molecule is Cc1cc(C(=O)NC2CCN(Cc3ccccc3)C2)sc1C. The highest BCUT2D eigenvalue weighted by Crippen LogP contribution is 2.21. The molecule has 3 rings (SSSR count). The summed E-state index contributed by atoms with van der Waals surface area (Å²) in [5.74, 6) is 0.0766. The van der Waals surface area contributed by atoms with Crippen molar-refractivity contribution in [1.29, 1.82) is 0 Å². The van der Waals surface area contributed by atoms with Gasteiger partial charge in [-0.1, -0.05) is 30.3 Å². The lowest BCUT2D eigenvalue weighted by Crippen LogP contribution is -2.36. The number of nitrogens with zero attached hydrogens (tertiary/aromatic N) is 1. The van der Waals surface area contributed by atoms with Crippen molar-refractivity contribution < 1.29 is 4.79 Å². The van der Waals surface area contributed by atoms with E-state index in [0.717, 1.165) is 30.9 Å². The third-order valence-electron chi connectivity index (χ3n) is 4.25. The van der Waals surface area contributed by atoms with E-state index in [9.17, 15) is 4.79 Å². The monoisotopic (exact) mass is 314 g/mol. The quantitative estimate of drug-likeness (QED) is 0.938. The van der Waals surface area contributed by atoms with Gasteiger partial charge in [-0.25, -0.2) is 0 Å². The third-order valence-corrected chi connectivity index (χ3v) is 5.40. The maximum atomic E-state index is 12.3. The van der Waals surface area contributed by atoms with E-state index in [4.69, 9.17) is 0 Å². The van der Waals surface area contributed by atoms with E-state index < -0.39 is 0 Å². The van der Waals surface area contributed by atoms with Gasteiger partial charge >= 0.3 is 0 Å². The van der Waals surface area contributed by atoms with Crippen molar-refractivity contribution in [3.05, 3.63) is 57.3 Å². The summed E-state index contributed by atoms with van der Waals surface area (Å²) in [7, 11) is 0. The second-order valence-electron chi connectivity index (χ2n) is 6.03. The topological polar surface area (TPSA) is 32.3 Å². The van der Waals surface area contributed by atoms with E-state index in [-0.39, 0.29) is 11.9 Å². The molecule has 3 nitrogen and oxygen atoms in total. The van der Waals surface area contributed by atoms with Crippen molar-refractivity contribution >= 4 is 17.2 Å². The van der Waals surface area contributed by atoms with Crippen LogP contribution in [0.15, 0.2) is 36.4 Å². The van der Waals surface area contributed by atoms with Crippen LogP contribution in [-0.2, 0) is 6.54 Å². The molecule has 0 spiro atoms. The smallest absolute Gasteiger partial charge is 0.261 e. The van der Waals surface area contributed by atoms with E-state index in [1.807, 2.05) is 12.1 Å². The van der Waals surface area contributed by atoms with E-state index in [1.54, 1.807) is 11.3 Å². The van der Waals surface area contributed by atoms with E-state index in [0.29, 0.717) is 0 Å². The molecule has 1 aromatic carbocycles. The number of carbonyl (C=O) groups excluding carboxylic acids is 1. The maximum Gasteiger partial charge on any atom is 0.261 e. The Hall–Kier alpha value is -1.65. The van der Waals surface area contributed by atoms with Crippen molar-refractivity contribution in [1.82, 2.24) is 10.2 Å². The molecule has 1 aromatic heterocycles. The molecule has 2 heterocycles. The summed E-state index contributed by atoms with van der Waals surface area (Å²) >= 11 is 1.58. The zero-order valence-corrected chi connectivity index (χ0v) is 14.0. The first-order valence-electron chi connectivity index (χ1n) is 7.76. The Balaban J connectivity index is 1.53. The number of rotatable bonds is 4. The van der Waals surface area contributed by atoms with Crippen LogP contribution in [0.4, 0.5) is 0 Å². The lowest BCUT2D eigenvalue weighted by Gasteiger charge is -2.16. The predicted octanol–water partition coefficient (Wildman–Crippen LogP) is 3.37. The van der Waals surface area contributed by atoms with Gasteiger partial charge in [0.1, 0.15) is 0 Å². The highest BCUT2D eigenvalue weighted by Gasteiger charge is 2.24. The largest absolute Gasteiger partial charge is 0.347 e. The number of hydrogen-bond acceptors (Lipinski definition) is 3. The summed E-state index contributed by atoms with van der Waals surface area (Å²) in [5.41, 5.74) is 2.53. The summed E-state index contributed by atoms with van der Waals surface area (Å²) in [4.78, 5) is 16.8. The molecule has 1 unspecified atom stereocenters. The van der Waals surface area contributed by atoms with E-state index in [2.05, 4.69) is 48.3 Å². The maximum absolute atomic E-state index is 12.3. The van der Waals surface area contributed by atoms with Gasteiger partial charge in [0.2, 0.25) is 0 Å². The molecule has 1 amide bonds. The van der Waals surface area contributed by atoms with Crippen molar-refractivity contribution in [3.63, 3.8) is 0 Å². The van der Waals surface area contributed by atoms with Crippen molar-refractivity contribution in [2.45, 2.75) is 32.9 Å². The Labute approximate surface area is 136 Å². The number of likely N-dealkylation sites (tertiary alicyclic amines) is 1. The third kappa shape index (κ3) is 3.57. The molecule has 116 valence electrons. The van der Waals surface area contributed by atoms with Crippen LogP contribution in [0.3, 0.4) is 0 Å². The van der Waals surface area contributed by atoms with E-state index >= 15 is 0 Å². The van der Waals surface area contributed by atoms with Crippen LogP contribution >= 0.6 is 11.3 Å². The number of benzene rings is 1. The van der Waals surface area contributed by atoms with E-state index in [1.165, 1.54) is 16.0 Å². The molecule has 2 aromatic rings. The Morgan fingerprint density at radius 3 is 2.77 bits per heavy atom. The summed E-state index contributed by atoms with van der Waals surface area (Å²) in [6.07, 6.45) is 1.03. The number of carbonyl (C=O) groups is 1. The molecule has 1 saturated heterocycles. The molecule has 0 saturated carbocycles. The zero-order chi connectivity index (χ0) is 15.5. The number of amides is 1. The van der Waals surface area contributed by atoms with Gasteiger partial charge in [-0.05, 0) is 37.5 Å². The second kappa shape index (κ2) is 6.63. The summed E-state index contributed by atoms with van der Waals surface area (Å²) in [5, 5.41) is 3.18. The van der Waals surface area contributed by atoms with Gasteiger partial charge in [-0.2, -0.15) is 0 Å². The molecule has 1 aliphatic rings. The van der Waals surface area contributed by atoms with Crippen LogP contribution in [-0.4, -0.2) is 29.9 Å². The molecular weight excluding hydrogens is 292 g/mol. The zero-order valence-electron chi connectivity index (χ0n) is 13.1. The number of nitrogens with one attached hydrogen (secondary N) is 1. The number of aryl methyl sites for hydroxylation is 2. The molecule has 0 bridgehead atoms. The van der Waals surface area contributed by atoms with Crippen LogP contribution in [0.2, 0.25) is 0 Å². The van der Waals surface area contributed by atoms with Crippen LogP contribution in [0.25, 0.3) is 0 Å². The van der Waals surface area contributed by atoms with Gasteiger partial charge in [0.15, 0.2) is 0 Å². The first kappa shape index (κ1) is 15.3. The fourth-order valence-electron chi connectivity index (χ4n) is 2.88. The van der Waals surface area contributed by atoms with Crippen molar-refractivity contribution in [2.75, 3.05) is 13.1 Å². The first-order chi connectivity index (χ1) is 10.6. The predicted molar refractivity (Wildman–Crippen MR) is 91.4 cm³/mol. The number of hydrogen-bond donors (Lipinski definition) is 1. The Morgan fingerprint density at radius 2 is 2.09 bits per heavy atom. The minimum Gasteiger partial charge on any atom is -0.347 e. The average Bonchev–Trinajstić information content (AvgIpc) is 3.07. The Bertz CT molecular complexity index is 631. The van der Waals surface area contributed by atoms with Gasteiger partial charge in [0.25, 0.3) is 5.91 Å². The molecule has 1 atom stereocenters. The molecule has 1 N–H and O–H groups in total.